The number of hydrogen-bond acceptors (Lipinski definition) is 5. The first-order valence-electron chi connectivity index (χ1n) is 6.43. The lowest BCUT2D eigenvalue weighted by Gasteiger charge is -2.16. The molecule has 2 N–H and O–H groups in total. The Balaban J connectivity index is 2.20. The predicted octanol–water partition coefficient (Wildman–Crippen LogP) is 0.906. The first-order valence-corrected chi connectivity index (χ1v) is 7.84. The van der Waals surface area contributed by atoms with Crippen LogP contribution in [0.4, 0.5) is 4.79 Å². The van der Waals surface area contributed by atoms with Crippen LogP contribution in [0.5, 0.6) is 0 Å². The highest BCUT2D eigenvalue weighted by Crippen LogP contribution is 2.25. The van der Waals surface area contributed by atoms with Gasteiger partial charge in [-0.1, -0.05) is 18.2 Å². The first-order chi connectivity index (χ1) is 10.2. The zero-order valence-electron chi connectivity index (χ0n) is 11.7. The third-order valence-corrected chi connectivity index (χ3v) is 4.94. The molecule has 0 aromatic heterocycles. The Labute approximate surface area is 127 Å². The van der Waals surface area contributed by atoms with E-state index in [-0.39, 0.29) is 17.9 Å². The molecule has 2 unspecified atom stereocenters. The molecule has 1 saturated heterocycles. The summed E-state index contributed by atoms with van der Waals surface area (Å²) >= 11 is 0. The summed E-state index contributed by atoms with van der Waals surface area (Å²) < 4.78 is 29.5. The average Bonchev–Trinajstić information content (AvgIpc) is 2.82. The van der Waals surface area contributed by atoms with Gasteiger partial charge in [0.05, 0.1) is 17.5 Å². The Hall–Kier alpha value is -2.13. The van der Waals surface area contributed by atoms with Gasteiger partial charge in [-0.05, 0) is 18.6 Å². The molecule has 120 valence electrons. The largest absolute Gasteiger partial charge is 0.480 e. The number of aryl methyl sites for hydroxylation is 1. The number of carboxylic acid groups (broad SMARTS) is 2. The summed E-state index contributed by atoms with van der Waals surface area (Å²) in [7, 11) is -4.09. The second-order valence-electron chi connectivity index (χ2n) is 4.96. The van der Waals surface area contributed by atoms with Crippen LogP contribution in [0.15, 0.2) is 29.2 Å². The predicted molar refractivity (Wildman–Crippen MR) is 74.0 cm³/mol. The van der Waals surface area contributed by atoms with E-state index in [1.165, 1.54) is 6.07 Å². The Bertz CT molecular complexity index is 678. The smallest absolute Gasteiger partial charge is 0.408 e. The molecule has 22 heavy (non-hydrogen) atoms. The lowest BCUT2D eigenvalue weighted by Crippen LogP contribution is -2.39. The molecular weight excluding hydrogens is 314 g/mol. The van der Waals surface area contributed by atoms with Crippen LogP contribution in [0.25, 0.3) is 0 Å². The molecule has 0 radical (unpaired) electrons. The summed E-state index contributed by atoms with van der Waals surface area (Å²) in [5, 5.41) is 18.0. The van der Waals surface area contributed by atoms with Crippen LogP contribution in [0, 0.1) is 6.92 Å². The average molecular weight is 329 g/mol. The van der Waals surface area contributed by atoms with Gasteiger partial charge in [0.25, 0.3) is 10.1 Å². The van der Waals surface area contributed by atoms with E-state index in [0.717, 1.165) is 0 Å². The summed E-state index contributed by atoms with van der Waals surface area (Å²) in [6.45, 7) is 1.30. The molecule has 0 bridgehead atoms. The van der Waals surface area contributed by atoms with E-state index < -0.39 is 34.3 Å². The quantitative estimate of drug-likeness (QED) is 0.787. The van der Waals surface area contributed by atoms with Crippen LogP contribution >= 0.6 is 0 Å². The van der Waals surface area contributed by atoms with Gasteiger partial charge in [-0.25, -0.2) is 9.59 Å². The van der Waals surface area contributed by atoms with Crippen molar-refractivity contribution in [1.29, 1.82) is 0 Å². The second kappa shape index (κ2) is 5.93. The van der Waals surface area contributed by atoms with Gasteiger partial charge in [-0.2, -0.15) is 8.42 Å². The Morgan fingerprint density at radius 2 is 1.91 bits per heavy atom. The molecule has 1 aromatic carbocycles. The maximum atomic E-state index is 12.2. The fraction of sp³-hybridized carbons (Fsp3) is 0.385. The van der Waals surface area contributed by atoms with Crippen LogP contribution in [0.3, 0.4) is 0 Å². The van der Waals surface area contributed by atoms with E-state index in [0.29, 0.717) is 10.5 Å². The van der Waals surface area contributed by atoms with E-state index in [9.17, 15) is 18.0 Å². The second-order valence-corrected chi connectivity index (χ2v) is 6.50. The molecule has 1 aliphatic rings. The van der Waals surface area contributed by atoms with Gasteiger partial charge in [-0.3, -0.25) is 9.08 Å². The van der Waals surface area contributed by atoms with Crippen LogP contribution in [0.1, 0.15) is 12.0 Å². The van der Waals surface area contributed by atoms with Crippen molar-refractivity contribution in [3.63, 3.8) is 0 Å². The molecule has 1 fully saturated rings. The van der Waals surface area contributed by atoms with Gasteiger partial charge in [0, 0.05) is 6.42 Å². The molecule has 0 spiro atoms. The SMILES string of the molecule is Cc1ccccc1S(=O)(=O)OC1CC(C(=O)O)N(C(=O)O)C1. The highest BCUT2D eigenvalue weighted by molar-refractivity contribution is 7.86. The number of nitrogens with zero attached hydrogens (tertiary/aromatic N) is 1. The number of carbonyl (C=O) groups is 2. The van der Waals surface area contributed by atoms with Gasteiger partial charge in [0.1, 0.15) is 6.04 Å². The molecule has 0 saturated carbocycles. The minimum Gasteiger partial charge on any atom is -0.480 e. The molecule has 1 aliphatic heterocycles. The Morgan fingerprint density at radius 3 is 2.41 bits per heavy atom. The third kappa shape index (κ3) is 3.20. The summed E-state index contributed by atoms with van der Waals surface area (Å²) in [5.41, 5.74) is 0.491. The van der Waals surface area contributed by atoms with Crippen molar-refractivity contribution in [2.24, 2.45) is 0 Å². The first kappa shape index (κ1) is 16.2. The monoisotopic (exact) mass is 329 g/mol. The lowest BCUT2D eigenvalue weighted by molar-refractivity contribution is -0.141. The minimum absolute atomic E-state index is 0.0179. The zero-order chi connectivity index (χ0) is 16.5. The van der Waals surface area contributed by atoms with Crippen molar-refractivity contribution < 1.29 is 32.4 Å². The molecule has 9 heteroatoms. The molecule has 8 nitrogen and oxygen atoms in total. The normalized spacial score (nSPS) is 21.8. The number of carboxylic acids is 1. The van der Waals surface area contributed by atoms with Crippen molar-refractivity contribution in [3.05, 3.63) is 29.8 Å². The fourth-order valence-electron chi connectivity index (χ4n) is 2.38. The van der Waals surface area contributed by atoms with E-state index in [1.807, 2.05) is 0 Å². The summed E-state index contributed by atoms with van der Waals surface area (Å²) in [6.07, 6.45) is -2.67. The standard InChI is InChI=1S/C13H15NO7S/c1-8-4-2-3-5-11(8)22(19,20)21-9-6-10(12(15)16)14(7-9)13(17)18/h2-5,9-10H,6-7H2,1H3,(H,15,16)(H,17,18). The summed E-state index contributed by atoms with van der Waals surface area (Å²) in [5.74, 6) is -1.33. The number of aliphatic carboxylic acids is 1. The molecule has 1 amide bonds. The van der Waals surface area contributed by atoms with Crippen LogP contribution < -0.4 is 0 Å². The van der Waals surface area contributed by atoms with Crippen molar-refractivity contribution in [2.45, 2.75) is 30.4 Å². The highest BCUT2D eigenvalue weighted by Gasteiger charge is 2.42. The van der Waals surface area contributed by atoms with E-state index in [4.69, 9.17) is 14.4 Å². The molecule has 1 heterocycles. The molecule has 0 aliphatic carbocycles. The van der Waals surface area contributed by atoms with Gasteiger partial charge in [0.15, 0.2) is 0 Å². The van der Waals surface area contributed by atoms with Crippen molar-refractivity contribution >= 4 is 22.2 Å². The molecule has 1 aromatic rings. The van der Waals surface area contributed by atoms with Crippen LogP contribution in [0.2, 0.25) is 0 Å². The van der Waals surface area contributed by atoms with E-state index >= 15 is 0 Å². The van der Waals surface area contributed by atoms with Gasteiger partial charge in [0.2, 0.25) is 0 Å². The van der Waals surface area contributed by atoms with Gasteiger partial charge >= 0.3 is 12.1 Å². The fourth-order valence-corrected chi connectivity index (χ4v) is 3.69. The summed E-state index contributed by atoms with van der Waals surface area (Å²) in [6, 6.07) is 4.89. The zero-order valence-corrected chi connectivity index (χ0v) is 12.5. The molecular formula is C13H15NO7S. The minimum atomic E-state index is -4.09. The van der Waals surface area contributed by atoms with Crippen molar-refractivity contribution in [2.75, 3.05) is 6.54 Å². The third-order valence-electron chi connectivity index (χ3n) is 3.42. The molecule has 2 rings (SSSR count). The van der Waals surface area contributed by atoms with Gasteiger partial charge < -0.3 is 10.2 Å². The number of rotatable bonds is 4. The molecule has 2 atom stereocenters. The number of likely N-dealkylation sites (tertiary alicyclic amines) is 1. The Kier molecular flexibility index (Phi) is 4.38. The number of amides is 1. The van der Waals surface area contributed by atoms with Gasteiger partial charge in [-0.15, -0.1) is 0 Å². The van der Waals surface area contributed by atoms with E-state index in [2.05, 4.69) is 0 Å². The topological polar surface area (TPSA) is 121 Å². The Morgan fingerprint density at radius 1 is 1.27 bits per heavy atom. The van der Waals surface area contributed by atoms with Crippen molar-refractivity contribution in [1.82, 2.24) is 4.90 Å². The summed E-state index contributed by atoms with van der Waals surface area (Å²) in [4.78, 5) is 22.7. The van der Waals surface area contributed by atoms with E-state index in [1.54, 1.807) is 25.1 Å². The maximum absolute atomic E-state index is 12.2. The lowest BCUT2D eigenvalue weighted by atomic mass is 10.2. The van der Waals surface area contributed by atoms with Crippen LogP contribution in [-0.2, 0) is 19.1 Å². The van der Waals surface area contributed by atoms with Crippen molar-refractivity contribution in [3.8, 4) is 0 Å². The van der Waals surface area contributed by atoms with Crippen LogP contribution in [-0.4, -0.2) is 54.3 Å². The number of benzene rings is 1. The number of hydrogen-bond donors (Lipinski definition) is 2. The highest BCUT2D eigenvalue weighted by atomic mass is 32.2. The maximum Gasteiger partial charge on any atom is 0.408 e.